The molecule has 1 aliphatic rings. The fourth-order valence-electron chi connectivity index (χ4n) is 3.35. The summed E-state index contributed by atoms with van der Waals surface area (Å²) in [4.78, 5) is 38.2. The summed E-state index contributed by atoms with van der Waals surface area (Å²) in [6.07, 6.45) is 2.30. The minimum atomic E-state index is -2.23. The van der Waals surface area contributed by atoms with Crippen LogP contribution < -0.4 is 0 Å². The molecule has 0 heterocycles. The monoisotopic (exact) mass is 364 g/mol. The van der Waals surface area contributed by atoms with E-state index >= 15 is 0 Å². The van der Waals surface area contributed by atoms with Gasteiger partial charge in [0.2, 0.25) is 0 Å². The highest BCUT2D eigenvalue weighted by molar-refractivity contribution is 6.27. The van der Waals surface area contributed by atoms with Crippen molar-refractivity contribution >= 4 is 17.3 Å². The zero-order valence-electron chi connectivity index (χ0n) is 16.7. The number of aliphatic hydroxyl groups is 2. The first kappa shape index (κ1) is 22.5. The van der Waals surface area contributed by atoms with Crippen molar-refractivity contribution in [1.29, 1.82) is 0 Å². The molecule has 1 fully saturated rings. The third kappa shape index (κ3) is 4.77. The van der Waals surface area contributed by atoms with E-state index in [9.17, 15) is 24.6 Å². The first-order valence-corrected chi connectivity index (χ1v) is 9.20. The minimum Gasteiger partial charge on any atom is -0.389 e. The Morgan fingerprint density at radius 1 is 1.12 bits per heavy atom. The summed E-state index contributed by atoms with van der Waals surface area (Å²) < 4.78 is 0. The number of Topliss-reactive ketones (excluding diaryl/α,β-unsaturated/α-hetero) is 3. The van der Waals surface area contributed by atoms with Crippen LogP contribution in [0.5, 0.6) is 0 Å². The molecular formula is C21H32O5. The van der Waals surface area contributed by atoms with Crippen LogP contribution in [0.25, 0.3) is 0 Å². The van der Waals surface area contributed by atoms with E-state index in [2.05, 4.69) is 0 Å². The zero-order valence-corrected chi connectivity index (χ0v) is 16.7. The molecule has 4 atom stereocenters. The molecule has 1 aliphatic carbocycles. The molecule has 0 aromatic heterocycles. The zero-order chi connectivity index (χ0) is 20.2. The van der Waals surface area contributed by atoms with E-state index in [1.54, 1.807) is 12.2 Å². The lowest BCUT2D eigenvalue weighted by molar-refractivity contribution is -0.155. The molecule has 0 saturated heterocycles. The molecule has 1 saturated carbocycles. The predicted octanol–water partition coefficient (Wildman–Crippen LogP) is 2.79. The third-order valence-corrected chi connectivity index (χ3v) is 4.77. The highest BCUT2D eigenvalue weighted by atomic mass is 16.4. The molecule has 0 aromatic rings. The van der Waals surface area contributed by atoms with Crippen LogP contribution in [0, 0.1) is 17.8 Å². The van der Waals surface area contributed by atoms with Crippen molar-refractivity contribution < 1.29 is 24.6 Å². The summed E-state index contributed by atoms with van der Waals surface area (Å²) in [5, 5.41) is 21.7. The van der Waals surface area contributed by atoms with Crippen LogP contribution in [0.3, 0.4) is 0 Å². The summed E-state index contributed by atoms with van der Waals surface area (Å²) >= 11 is 0. The SMILES string of the molecule is CC(C)=CC[C@H](O)[C@@]1(O)C(=O)C(C(=O)CC(C)C)C(=O)[C@@H]1CC=C(C)C. The second-order valence-electron chi connectivity index (χ2n) is 8.19. The smallest absolute Gasteiger partial charge is 0.185 e. The van der Waals surface area contributed by atoms with E-state index in [4.69, 9.17) is 0 Å². The van der Waals surface area contributed by atoms with Crippen LogP contribution >= 0.6 is 0 Å². The number of carbonyl (C=O) groups is 3. The van der Waals surface area contributed by atoms with Gasteiger partial charge in [-0.1, -0.05) is 37.1 Å². The molecule has 146 valence electrons. The van der Waals surface area contributed by atoms with Crippen LogP contribution in [-0.4, -0.2) is 39.3 Å². The fraction of sp³-hybridized carbons (Fsp3) is 0.667. The van der Waals surface area contributed by atoms with Crippen molar-refractivity contribution in [2.75, 3.05) is 0 Å². The molecule has 2 N–H and O–H groups in total. The maximum Gasteiger partial charge on any atom is 0.185 e. The van der Waals surface area contributed by atoms with E-state index in [0.29, 0.717) is 0 Å². The fourth-order valence-corrected chi connectivity index (χ4v) is 3.35. The van der Waals surface area contributed by atoms with Gasteiger partial charge in [0, 0.05) is 6.42 Å². The minimum absolute atomic E-state index is 0.00335. The van der Waals surface area contributed by atoms with Crippen LogP contribution in [0.2, 0.25) is 0 Å². The number of aliphatic hydroxyl groups excluding tert-OH is 1. The molecule has 0 spiro atoms. The topological polar surface area (TPSA) is 91.7 Å². The summed E-state index contributed by atoms with van der Waals surface area (Å²) in [5.41, 5.74) is -0.368. The lowest BCUT2D eigenvalue weighted by Crippen LogP contribution is -2.52. The molecule has 0 amide bonds. The van der Waals surface area contributed by atoms with Gasteiger partial charge in [0.25, 0.3) is 0 Å². The lowest BCUT2D eigenvalue weighted by Gasteiger charge is -2.31. The average molecular weight is 364 g/mol. The van der Waals surface area contributed by atoms with E-state index in [-0.39, 0.29) is 25.2 Å². The molecular weight excluding hydrogens is 332 g/mol. The predicted molar refractivity (Wildman–Crippen MR) is 101 cm³/mol. The Balaban J connectivity index is 3.30. The van der Waals surface area contributed by atoms with Gasteiger partial charge >= 0.3 is 0 Å². The highest BCUT2D eigenvalue weighted by Gasteiger charge is 2.63. The Morgan fingerprint density at radius 2 is 1.65 bits per heavy atom. The van der Waals surface area contributed by atoms with Gasteiger partial charge in [0.15, 0.2) is 23.0 Å². The molecule has 0 aliphatic heterocycles. The summed E-state index contributed by atoms with van der Waals surface area (Å²) in [7, 11) is 0. The van der Waals surface area contributed by atoms with Gasteiger partial charge in [-0.2, -0.15) is 0 Å². The number of allylic oxidation sites excluding steroid dienone is 3. The number of carbonyl (C=O) groups excluding carboxylic acids is 3. The van der Waals surface area contributed by atoms with Gasteiger partial charge < -0.3 is 10.2 Å². The third-order valence-electron chi connectivity index (χ3n) is 4.77. The van der Waals surface area contributed by atoms with Crippen LogP contribution in [0.15, 0.2) is 23.3 Å². The summed E-state index contributed by atoms with van der Waals surface area (Å²) in [6.45, 7) is 11.0. The van der Waals surface area contributed by atoms with Gasteiger partial charge in [0.1, 0.15) is 5.92 Å². The van der Waals surface area contributed by atoms with Crippen molar-refractivity contribution in [1.82, 2.24) is 0 Å². The van der Waals surface area contributed by atoms with Crippen molar-refractivity contribution in [3.8, 4) is 0 Å². The van der Waals surface area contributed by atoms with E-state index in [0.717, 1.165) is 11.1 Å². The molecule has 1 unspecified atom stereocenters. The second kappa shape index (κ2) is 8.87. The Hall–Kier alpha value is -1.59. The van der Waals surface area contributed by atoms with E-state index < -0.39 is 40.9 Å². The normalized spacial score (nSPS) is 26.8. The Labute approximate surface area is 156 Å². The molecule has 0 bridgehead atoms. The molecule has 0 aromatic carbocycles. The Kier molecular flexibility index (Phi) is 7.66. The average Bonchev–Trinajstić information content (AvgIpc) is 2.69. The van der Waals surface area contributed by atoms with Crippen molar-refractivity contribution in [2.45, 2.75) is 72.5 Å². The Morgan fingerprint density at radius 3 is 2.12 bits per heavy atom. The molecule has 26 heavy (non-hydrogen) atoms. The van der Waals surface area contributed by atoms with Gasteiger partial charge in [-0.15, -0.1) is 0 Å². The maximum absolute atomic E-state index is 12.9. The molecule has 5 nitrogen and oxygen atoms in total. The standard InChI is InChI=1S/C21H32O5/c1-12(2)7-9-15-19(24)18(16(22)11-14(5)6)20(25)21(15,26)17(23)10-8-13(3)4/h7-8,14-15,17-18,23,26H,9-11H2,1-6H3/t15-,17-,18?,21+/m0/s1. The maximum atomic E-state index is 12.9. The van der Waals surface area contributed by atoms with Gasteiger partial charge in [-0.3, -0.25) is 14.4 Å². The first-order chi connectivity index (χ1) is 11.9. The number of ketones is 3. The van der Waals surface area contributed by atoms with Gasteiger partial charge in [0.05, 0.1) is 12.0 Å². The quantitative estimate of drug-likeness (QED) is 0.510. The molecule has 1 rings (SSSR count). The number of hydrogen-bond donors (Lipinski definition) is 2. The lowest BCUT2D eigenvalue weighted by atomic mass is 9.80. The number of hydrogen-bond acceptors (Lipinski definition) is 5. The van der Waals surface area contributed by atoms with Crippen LogP contribution in [0.1, 0.15) is 60.8 Å². The van der Waals surface area contributed by atoms with Crippen molar-refractivity contribution in [3.05, 3.63) is 23.3 Å². The van der Waals surface area contributed by atoms with Gasteiger partial charge in [-0.25, -0.2) is 0 Å². The van der Waals surface area contributed by atoms with Crippen molar-refractivity contribution in [3.63, 3.8) is 0 Å². The Bertz CT molecular complexity index is 620. The number of rotatable bonds is 8. The van der Waals surface area contributed by atoms with Crippen LogP contribution in [-0.2, 0) is 14.4 Å². The first-order valence-electron chi connectivity index (χ1n) is 9.20. The van der Waals surface area contributed by atoms with E-state index in [1.807, 2.05) is 41.5 Å². The largest absolute Gasteiger partial charge is 0.389 e. The van der Waals surface area contributed by atoms with Crippen LogP contribution in [0.4, 0.5) is 0 Å². The summed E-state index contributed by atoms with van der Waals surface area (Å²) in [6, 6.07) is 0. The van der Waals surface area contributed by atoms with Gasteiger partial charge in [-0.05, 0) is 46.5 Å². The highest BCUT2D eigenvalue weighted by Crippen LogP contribution is 2.41. The van der Waals surface area contributed by atoms with Crippen molar-refractivity contribution in [2.24, 2.45) is 17.8 Å². The summed E-state index contributed by atoms with van der Waals surface area (Å²) in [5.74, 6) is -4.47. The molecule has 5 heteroatoms. The molecule has 0 radical (unpaired) electrons. The second-order valence-corrected chi connectivity index (χ2v) is 8.19. The van der Waals surface area contributed by atoms with E-state index in [1.165, 1.54) is 0 Å².